The number of nitrogens with one attached hydrogen (secondary N) is 1. The Balaban J connectivity index is 1.61. The second kappa shape index (κ2) is 8.45. The fraction of sp³-hybridized carbons (Fsp3) is 0.190. The Morgan fingerprint density at radius 3 is 2.54 bits per heavy atom. The standard InChI is InChI=1S/C21H21FN4/c1-15(24-11-3-4-17-5-7-19(22)8-6-17)20-14-25-21(26-16(20)2)18-9-12-23-13-10-18/h3-10,12-15,24H,11H2,1-2H3/b4-3+. The topological polar surface area (TPSA) is 50.7 Å². The minimum Gasteiger partial charge on any atom is -0.307 e. The van der Waals surface area contributed by atoms with Crippen LogP contribution in [0.2, 0.25) is 0 Å². The summed E-state index contributed by atoms with van der Waals surface area (Å²) in [7, 11) is 0. The van der Waals surface area contributed by atoms with Gasteiger partial charge in [-0.2, -0.15) is 0 Å². The van der Waals surface area contributed by atoms with Gasteiger partial charge in [0.25, 0.3) is 0 Å². The van der Waals surface area contributed by atoms with Crippen LogP contribution in [0.25, 0.3) is 17.5 Å². The predicted octanol–water partition coefficient (Wildman–Crippen LogP) is 4.35. The molecule has 132 valence electrons. The normalized spacial score (nSPS) is 12.4. The highest BCUT2D eigenvalue weighted by Gasteiger charge is 2.11. The largest absolute Gasteiger partial charge is 0.307 e. The van der Waals surface area contributed by atoms with E-state index in [0.29, 0.717) is 12.4 Å². The number of pyridine rings is 1. The van der Waals surface area contributed by atoms with Crippen LogP contribution in [0.15, 0.2) is 61.1 Å². The van der Waals surface area contributed by atoms with Crippen LogP contribution in [0.4, 0.5) is 4.39 Å². The summed E-state index contributed by atoms with van der Waals surface area (Å²) in [5, 5.41) is 3.43. The molecule has 0 radical (unpaired) electrons. The summed E-state index contributed by atoms with van der Waals surface area (Å²) < 4.78 is 12.9. The lowest BCUT2D eigenvalue weighted by atomic mass is 10.1. The van der Waals surface area contributed by atoms with Gasteiger partial charge in [-0.05, 0) is 43.7 Å². The first-order valence-corrected chi connectivity index (χ1v) is 8.53. The fourth-order valence-corrected chi connectivity index (χ4v) is 2.67. The summed E-state index contributed by atoms with van der Waals surface area (Å²) in [6.45, 7) is 4.78. The first-order chi connectivity index (χ1) is 12.6. The van der Waals surface area contributed by atoms with Crippen molar-refractivity contribution in [3.8, 4) is 11.4 Å². The minimum atomic E-state index is -0.223. The second-order valence-corrected chi connectivity index (χ2v) is 6.05. The third-order valence-electron chi connectivity index (χ3n) is 4.14. The van der Waals surface area contributed by atoms with Gasteiger partial charge in [0.1, 0.15) is 5.82 Å². The maximum absolute atomic E-state index is 12.9. The average Bonchev–Trinajstić information content (AvgIpc) is 2.67. The minimum absolute atomic E-state index is 0.124. The third-order valence-corrected chi connectivity index (χ3v) is 4.14. The van der Waals surface area contributed by atoms with Crippen LogP contribution in [0, 0.1) is 12.7 Å². The molecule has 0 bridgehead atoms. The zero-order valence-electron chi connectivity index (χ0n) is 14.9. The number of aryl methyl sites for hydroxylation is 1. The number of rotatable bonds is 6. The summed E-state index contributed by atoms with van der Waals surface area (Å²) in [6.07, 6.45) is 9.33. The molecule has 0 saturated carbocycles. The molecule has 2 aromatic heterocycles. The van der Waals surface area contributed by atoms with Gasteiger partial charge in [-0.15, -0.1) is 0 Å². The predicted molar refractivity (Wildman–Crippen MR) is 102 cm³/mol. The van der Waals surface area contributed by atoms with Crippen molar-refractivity contribution in [1.29, 1.82) is 0 Å². The molecule has 1 unspecified atom stereocenters. The van der Waals surface area contributed by atoms with Crippen LogP contribution >= 0.6 is 0 Å². The van der Waals surface area contributed by atoms with Gasteiger partial charge in [0.15, 0.2) is 5.82 Å². The lowest BCUT2D eigenvalue weighted by molar-refractivity contribution is 0.609. The van der Waals surface area contributed by atoms with Crippen molar-refractivity contribution in [2.45, 2.75) is 19.9 Å². The summed E-state index contributed by atoms with van der Waals surface area (Å²) in [6, 6.07) is 10.4. The van der Waals surface area contributed by atoms with E-state index in [4.69, 9.17) is 0 Å². The van der Waals surface area contributed by atoms with Gasteiger partial charge in [0, 0.05) is 48.0 Å². The van der Waals surface area contributed by atoms with Gasteiger partial charge in [-0.3, -0.25) is 4.98 Å². The van der Waals surface area contributed by atoms with E-state index in [2.05, 4.69) is 27.2 Å². The van der Waals surface area contributed by atoms with Crippen molar-refractivity contribution in [2.24, 2.45) is 0 Å². The number of hydrogen-bond acceptors (Lipinski definition) is 4. The molecule has 0 spiro atoms. The second-order valence-electron chi connectivity index (χ2n) is 6.05. The molecule has 1 aromatic carbocycles. The Morgan fingerprint density at radius 1 is 1.12 bits per heavy atom. The Bertz CT molecular complexity index is 876. The highest BCUT2D eigenvalue weighted by Crippen LogP contribution is 2.19. The van der Waals surface area contributed by atoms with Crippen LogP contribution in [0.1, 0.15) is 29.8 Å². The van der Waals surface area contributed by atoms with Crippen LogP contribution in [0.5, 0.6) is 0 Å². The molecular formula is C21H21FN4. The fourth-order valence-electron chi connectivity index (χ4n) is 2.67. The van der Waals surface area contributed by atoms with Crippen LogP contribution in [0.3, 0.4) is 0 Å². The van der Waals surface area contributed by atoms with Gasteiger partial charge in [0.2, 0.25) is 0 Å². The maximum atomic E-state index is 12.9. The molecule has 0 fully saturated rings. The molecule has 3 rings (SSSR count). The van der Waals surface area contributed by atoms with Crippen molar-refractivity contribution in [3.63, 3.8) is 0 Å². The highest BCUT2D eigenvalue weighted by molar-refractivity contribution is 5.54. The average molecular weight is 348 g/mol. The van der Waals surface area contributed by atoms with Crippen LogP contribution in [-0.2, 0) is 0 Å². The number of aromatic nitrogens is 3. The zero-order valence-corrected chi connectivity index (χ0v) is 14.9. The van der Waals surface area contributed by atoms with Gasteiger partial charge in [-0.25, -0.2) is 14.4 Å². The molecule has 0 saturated heterocycles. The van der Waals surface area contributed by atoms with E-state index in [9.17, 15) is 4.39 Å². The van der Waals surface area contributed by atoms with Crippen LogP contribution < -0.4 is 5.32 Å². The molecule has 0 aliphatic rings. The molecular weight excluding hydrogens is 327 g/mol. The lowest BCUT2D eigenvalue weighted by Gasteiger charge is -2.15. The Kier molecular flexibility index (Phi) is 5.81. The Labute approximate surface area is 152 Å². The van der Waals surface area contributed by atoms with Gasteiger partial charge >= 0.3 is 0 Å². The molecule has 3 aromatic rings. The lowest BCUT2D eigenvalue weighted by Crippen LogP contribution is -2.20. The van der Waals surface area contributed by atoms with E-state index >= 15 is 0 Å². The van der Waals surface area contributed by atoms with Crippen molar-refractivity contribution < 1.29 is 4.39 Å². The summed E-state index contributed by atoms with van der Waals surface area (Å²) >= 11 is 0. The summed E-state index contributed by atoms with van der Waals surface area (Å²) in [5.74, 6) is 0.483. The highest BCUT2D eigenvalue weighted by atomic mass is 19.1. The smallest absolute Gasteiger partial charge is 0.159 e. The molecule has 1 atom stereocenters. The molecule has 0 amide bonds. The molecule has 0 aliphatic heterocycles. The van der Waals surface area contributed by atoms with E-state index in [0.717, 1.165) is 22.4 Å². The SMILES string of the molecule is Cc1nc(-c2ccncc2)ncc1C(C)NC/C=C/c1ccc(F)cc1. The molecule has 26 heavy (non-hydrogen) atoms. The van der Waals surface area contributed by atoms with Crippen molar-refractivity contribution in [3.05, 3.63) is 83.7 Å². The van der Waals surface area contributed by atoms with Gasteiger partial charge < -0.3 is 5.32 Å². The maximum Gasteiger partial charge on any atom is 0.159 e. The number of halogens is 1. The monoisotopic (exact) mass is 348 g/mol. The molecule has 0 aliphatic carbocycles. The Hall–Kier alpha value is -2.92. The number of nitrogens with zero attached hydrogens (tertiary/aromatic N) is 3. The van der Waals surface area contributed by atoms with E-state index in [1.807, 2.05) is 37.4 Å². The van der Waals surface area contributed by atoms with E-state index in [1.54, 1.807) is 24.5 Å². The van der Waals surface area contributed by atoms with E-state index < -0.39 is 0 Å². The first kappa shape index (κ1) is 17.9. The zero-order chi connectivity index (χ0) is 18.4. The van der Waals surface area contributed by atoms with Gasteiger partial charge in [-0.1, -0.05) is 24.3 Å². The van der Waals surface area contributed by atoms with Crippen LogP contribution in [-0.4, -0.2) is 21.5 Å². The molecule has 4 nitrogen and oxygen atoms in total. The number of hydrogen-bond donors (Lipinski definition) is 1. The van der Waals surface area contributed by atoms with E-state index in [1.165, 1.54) is 12.1 Å². The van der Waals surface area contributed by atoms with Crippen molar-refractivity contribution >= 4 is 6.08 Å². The first-order valence-electron chi connectivity index (χ1n) is 8.53. The molecule has 2 heterocycles. The molecule has 5 heteroatoms. The van der Waals surface area contributed by atoms with E-state index in [-0.39, 0.29) is 11.9 Å². The Morgan fingerprint density at radius 2 is 1.85 bits per heavy atom. The van der Waals surface area contributed by atoms with Gasteiger partial charge in [0.05, 0.1) is 0 Å². The van der Waals surface area contributed by atoms with Crippen molar-refractivity contribution in [2.75, 3.05) is 6.54 Å². The molecule has 1 N–H and O–H groups in total. The third kappa shape index (κ3) is 4.58. The van der Waals surface area contributed by atoms with Crippen molar-refractivity contribution in [1.82, 2.24) is 20.3 Å². The summed E-state index contributed by atoms with van der Waals surface area (Å²) in [5.41, 5.74) is 3.95. The number of benzene rings is 1. The summed E-state index contributed by atoms with van der Waals surface area (Å²) in [4.78, 5) is 13.1. The quantitative estimate of drug-likeness (QED) is 0.719.